The van der Waals surface area contributed by atoms with Crippen molar-refractivity contribution in [3.05, 3.63) is 77.6 Å². The van der Waals surface area contributed by atoms with Crippen LogP contribution in [0.5, 0.6) is 0 Å². The number of benzene rings is 2. The number of nitrogens with one attached hydrogen (secondary N) is 1. The first-order chi connectivity index (χ1) is 14.0. The maximum Gasteiger partial charge on any atom is 0.260 e. The van der Waals surface area contributed by atoms with Crippen molar-refractivity contribution in [3.8, 4) is 22.8 Å². The molecule has 2 heterocycles. The van der Waals surface area contributed by atoms with Crippen LogP contribution in [0.3, 0.4) is 0 Å². The third kappa shape index (κ3) is 3.96. The van der Waals surface area contributed by atoms with Gasteiger partial charge in [0, 0.05) is 22.6 Å². The molecule has 6 heteroatoms. The minimum absolute atomic E-state index is 0.0838. The number of hydrogen-bond acceptors (Lipinski definition) is 4. The van der Waals surface area contributed by atoms with Crippen molar-refractivity contribution in [2.75, 3.05) is 5.32 Å². The summed E-state index contributed by atoms with van der Waals surface area (Å²) in [5.74, 6) is 0.907. The van der Waals surface area contributed by atoms with Crippen LogP contribution in [-0.2, 0) is 11.3 Å². The number of nitrogens with zero attached hydrogens (tertiary/aromatic N) is 3. The highest BCUT2D eigenvalue weighted by Gasteiger charge is 2.18. The van der Waals surface area contributed by atoms with Crippen molar-refractivity contribution in [2.45, 2.75) is 27.3 Å². The van der Waals surface area contributed by atoms with Gasteiger partial charge in [0.15, 0.2) is 0 Å². The molecule has 1 amide bonds. The van der Waals surface area contributed by atoms with Gasteiger partial charge in [-0.2, -0.15) is 4.98 Å². The quantitative estimate of drug-likeness (QED) is 0.536. The zero-order chi connectivity index (χ0) is 20.4. The van der Waals surface area contributed by atoms with Gasteiger partial charge >= 0.3 is 0 Å². The van der Waals surface area contributed by atoms with Crippen molar-refractivity contribution >= 4 is 11.6 Å². The van der Waals surface area contributed by atoms with Gasteiger partial charge in [-0.15, -0.1) is 0 Å². The van der Waals surface area contributed by atoms with Gasteiger partial charge in [0.2, 0.25) is 11.7 Å². The van der Waals surface area contributed by atoms with Gasteiger partial charge in [-0.25, -0.2) is 0 Å². The lowest BCUT2D eigenvalue weighted by Gasteiger charge is -2.10. The number of anilines is 1. The summed E-state index contributed by atoms with van der Waals surface area (Å²) in [6.45, 7) is 6.13. The van der Waals surface area contributed by atoms with E-state index in [-0.39, 0.29) is 12.5 Å². The first-order valence-electron chi connectivity index (χ1n) is 9.44. The van der Waals surface area contributed by atoms with Crippen molar-refractivity contribution < 1.29 is 9.32 Å². The summed E-state index contributed by atoms with van der Waals surface area (Å²) in [6.07, 6.45) is 0. The Kier molecular flexibility index (Phi) is 4.99. The Labute approximate surface area is 169 Å². The molecule has 1 N–H and O–H groups in total. The summed E-state index contributed by atoms with van der Waals surface area (Å²) >= 11 is 0. The topological polar surface area (TPSA) is 73.0 Å². The summed E-state index contributed by atoms with van der Waals surface area (Å²) in [5, 5.41) is 7.04. The van der Waals surface area contributed by atoms with E-state index in [4.69, 9.17) is 4.52 Å². The number of aryl methyl sites for hydroxylation is 2. The Hall–Kier alpha value is -3.67. The summed E-state index contributed by atoms with van der Waals surface area (Å²) < 4.78 is 7.44. The minimum atomic E-state index is -0.0838. The first kappa shape index (κ1) is 18.7. The van der Waals surface area contributed by atoms with E-state index in [1.54, 1.807) is 0 Å². The van der Waals surface area contributed by atoms with Crippen LogP contribution in [-0.4, -0.2) is 20.6 Å². The van der Waals surface area contributed by atoms with E-state index in [1.165, 1.54) is 0 Å². The predicted octanol–water partition coefficient (Wildman–Crippen LogP) is 4.77. The Bertz CT molecular complexity index is 1160. The lowest BCUT2D eigenvalue weighted by Crippen LogP contribution is -2.20. The van der Waals surface area contributed by atoms with Crippen LogP contribution < -0.4 is 5.32 Å². The van der Waals surface area contributed by atoms with Gasteiger partial charge in [-0.3, -0.25) is 4.79 Å². The van der Waals surface area contributed by atoms with Gasteiger partial charge < -0.3 is 14.4 Å². The molecular weight excluding hydrogens is 364 g/mol. The number of carbonyl (C=O) groups excluding carboxylic acids is 1. The van der Waals surface area contributed by atoms with Gasteiger partial charge in [0.05, 0.1) is 5.56 Å². The van der Waals surface area contributed by atoms with Crippen molar-refractivity contribution in [1.82, 2.24) is 14.7 Å². The van der Waals surface area contributed by atoms with Crippen LogP contribution in [0.4, 0.5) is 5.69 Å². The molecule has 0 aliphatic carbocycles. The molecular formula is C23H22N4O2. The van der Waals surface area contributed by atoms with Gasteiger partial charge in [-0.1, -0.05) is 47.6 Å². The Morgan fingerprint density at radius 1 is 1.03 bits per heavy atom. The van der Waals surface area contributed by atoms with E-state index in [9.17, 15) is 4.79 Å². The fraction of sp³-hybridized carbons (Fsp3) is 0.174. The van der Waals surface area contributed by atoms with Gasteiger partial charge in [0.25, 0.3) is 5.89 Å². The zero-order valence-electron chi connectivity index (χ0n) is 16.6. The van der Waals surface area contributed by atoms with Crippen molar-refractivity contribution in [3.63, 3.8) is 0 Å². The van der Waals surface area contributed by atoms with Crippen LogP contribution in [0.2, 0.25) is 0 Å². The average Bonchev–Trinajstić information content (AvgIpc) is 3.29. The summed E-state index contributed by atoms with van der Waals surface area (Å²) in [4.78, 5) is 17.1. The van der Waals surface area contributed by atoms with Crippen LogP contribution >= 0.6 is 0 Å². The number of carbonyl (C=O) groups is 1. The first-order valence-corrected chi connectivity index (χ1v) is 9.44. The highest BCUT2D eigenvalue weighted by Crippen LogP contribution is 2.27. The third-order valence-corrected chi connectivity index (χ3v) is 4.87. The van der Waals surface area contributed by atoms with E-state index in [2.05, 4.69) is 15.5 Å². The van der Waals surface area contributed by atoms with Gasteiger partial charge in [0.1, 0.15) is 6.54 Å². The molecule has 4 rings (SSSR count). The second-order valence-corrected chi connectivity index (χ2v) is 7.08. The van der Waals surface area contributed by atoms with E-state index in [0.29, 0.717) is 11.7 Å². The molecule has 2 aromatic heterocycles. The number of hydrogen-bond donors (Lipinski definition) is 1. The van der Waals surface area contributed by atoms with E-state index < -0.39 is 0 Å². The number of aromatic nitrogens is 3. The number of rotatable bonds is 5. The maximum absolute atomic E-state index is 12.5. The standard InChI is InChI=1S/C23H22N4O2/c1-15-8-7-11-19(12-15)24-21(28)14-27-16(2)13-20(17(27)3)23-25-22(26-29-23)18-9-5-4-6-10-18/h4-13H,14H2,1-3H3,(H,24,28). The molecule has 4 aromatic rings. The SMILES string of the molecule is Cc1cccc(NC(=O)Cn2c(C)cc(-c3nc(-c4ccccc4)no3)c2C)c1. The Morgan fingerprint density at radius 3 is 2.59 bits per heavy atom. The highest BCUT2D eigenvalue weighted by atomic mass is 16.5. The second kappa shape index (κ2) is 7.75. The molecule has 0 bridgehead atoms. The molecule has 0 saturated heterocycles. The third-order valence-electron chi connectivity index (χ3n) is 4.87. The number of amides is 1. The molecule has 0 aliphatic rings. The molecule has 0 unspecified atom stereocenters. The lowest BCUT2D eigenvalue weighted by atomic mass is 10.2. The van der Waals surface area contributed by atoms with Crippen LogP contribution in [0.25, 0.3) is 22.8 Å². The van der Waals surface area contributed by atoms with Gasteiger partial charge in [-0.05, 0) is 44.5 Å². The summed E-state index contributed by atoms with van der Waals surface area (Å²) in [7, 11) is 0. The van der Waals surface area contributed by atoms with E-state index in [1.807, 2.05) is 86.0 Å². The molecule has 0 saturated carbocycles. The fourth-order valence-electron chi connectivity index (χ4n) is 3.37. The lowest BCUT2D eigenvalue weighted by molar-refractivity contribution is -0.116. The molecule has 0 fully saturated rings. The molecule has 2 aromatic carbocycles. The summed E-state index contributed by atoms with van der Waals surface area (Å²) in [5.41, 5.74) is 5.49. The Morgan fingerprint density at radius 2 is 1.83 bits per heavy atom. The van der Waals surface area contributed by atoms with E-state index in [0.717, 1.165) is 33.8 Å². The molecule has 0 aliphatic heterocycles. The average molecular weight is 386 g/mol. The van der Waals surface area contributed by atoms with E-state index >= 15 is 0 Å². The molecule has 6 nitrogen and oxygen atoms in total. The molecule has 29 heavy (non-hydrogen) atoms. The normalized spacial score (nSPS) is 10.9. The van der Waals surface area contributed by atoms with Crippen LogP contribution in [0.1, 0.15) is 17.0 Å². The molecule has 0 radical (unpaired) electrons. The largest absolute Gasteiger partial charge is 0.339 e. The predicted molar refractivity (Wildman–Crippen MR) is 112 cm³/mol. The second-order valence-electron chi connectivity index (χ2n) is 7.08. The molecule has 146 valence electrons. The Balaban J connectivity index is 1.55. The zero-order valence-corrected chi connectivity index (χ0v) is 16.6. The van der Waals surface area contributed by atoms with Crippen LogP contribution in [0, 0.1) is 20.8 Å². The maximum atomic E-state index is 12.5. The monoisotopic (exact) mass is 386 g/mol. The molecule has 0 atom stereocenters. The highest BCUT2D eigenvalue weighted by molar-refractivity contribution is 5.90. The fourth-order valence-corrected chi connectivity index (χ4v) is 3.37. The van der Waals surface area contributed by atoms with Crippen LogP contribution in [0.15, 0.2) is 65.2 Å². The minimum Gasteiger partial charge on any atom is -0.339 e. The smallest absolute Gasteiger partial charge is 0.260 e. The molecule has 0 spiro atoms. The van der Waals surface area contributed by atoms with Crippen molar-refractivity contribution in [2.24, 2.45) is 0 Å². The van der Waals surface area contributed by atoms with Crippen molar-refractivity contribution in [1.29, 1.82) is 0 Å². The summed E-state index contributed by atoms with van der Waals surface area (Å²) in [6, 6.07) is 19.4.